The fourth-order valence-electron chi connectivity index (χ4n) is 1.75. The molecule has 0 aliphatic rings. The van der Waals surface area contributed by atoms with Crippen LogP contribution < -0.4 is 5.32 Å². The lowest BCUT2D eigenvalue weighted by atomic mass is 10.2. The minimum absolute atomic E-state index is 0.217. The normalized spacial score (nSPS) is 10.1. The number of nitrogens with zero attached hydrogens (tertiary/aromatic N) is 2. The number of aromatic nitrogens is 1. The molecule has 2 aromatic rings. The molecule has 0 spiro atoms. The molecule has 1 aromatic carbocycles. The zero-order valence-electron chi connectivity index (χ0n) is 10.4. The summed E-state index contributed by atoms with van der Waals surface area (Å²) in [7, 11) is 1.83. The summed E-state index contributed by atoms with van der Waals surface area (Å²) in [6, 6.07) is 8.98. The molecule has 0 fully saturated rings. The number of nitrogens with one attached hydrogen (secondary N) is 1. The highest BCUT2D eigenvalue weighted by Gasteiger charge is 2.03. The molecule has 92 valence electrons. The van der Waals surface area contributed by atoms with Gasteiger partial charge >= 0.3 is 0 Å². The molecule has 0 saturated heterocycles. The maximum absolute atomic E-state index is 13.3. The zero-order valence-corrected chi connectivity index (χ0v) is 10.4. The Labute approximate surface area is 105 Å². The van der Waals surface area contributed by atoms with Gasteiger partial charge in [-0.3, -0.25) is 0 Å². The van der Waals surface area contributed by atoms with Crippen molar-refractivity contribution in [3.8, 4) is 6.07 Å². The highest BCUT2D eigenvalue weighted by atomic mass is 19.1. The van der Waals surface area contributed by atoms with E-state index in [9.17, 15) is 4.39 Å². The summed E-state index contributed by atoms with van der Waals surface area (Å²) in [6.45, 7) is 2.30. The number of halogens is 1. The van der Waals surface area contributed by atoms with Gasteiger partial charge in [-0.15, -0.1) is 0 Å². The van der Waals surface area contributed by atoms with Gasteiger partial charge in [0, 0.05) is 25.5 Å². The van der Waals surface area contributed by atoms with Gasteiger partial charge in [-0.05, 0) is 36.2 Å². The van der Waals surface area contributed by atoms with Crippen LogP contribution in [0, 0.1) is 24.1 Å². The third-order valence-electron chi connectivity index (χ3n) is 2.84. The fraction of sp³-hybridized carbons (Fsp3) is 0.214. The summed E-state index contributed by atoms with van der Waals surface area (Å²) >= 11 is 0. The van der Waals surface area contributed by atoms with E-state index in [1.54, 1.807) is 17.6 Å². The second kappa shape index (κ2) is 4.92. The molecule has 0 saturated carbocycles. The van der Waals surface area contributed by atoms with Crippen LogP contribution in [0.25, 0.3) is 0 Å². The minimum Gasteiger partial charge on any atom is -0.381 e. The zero-order chi connectivity index (χ0) is 13.1. The van der Waals surface area contributed by atoms with E-state index in [4.69, 9.17) is 5.26 Å². The Morgan fingerprint density at radius 2 is 2.17 bits per heavy atom. The predicted molar refractivity (Wildman–Crippen MR) is 68.6 cm³/mol. The molecule has 0 unspecified atom stereocenters. The molecule has 1 N–H and O–H groups in total. The number of hydrogen-bond acceptors (Lipinski definition) is 2. The minimum atomic E-state index is -0.217. The second-order valence-corrected chi connectivity index (χ2v) is 4.27. The van der Waals surface area contributed by atoms with E-state index < -0.39 is 0 Å². The van der Waals surface area contributed by atoms with Crippen molar-refractivity contribution in [3.05, 3.63) is 53.1 Å². The van der Waals surface area contributed by atoms with Crippen molar-refractivity contribution in [2.24, 2.45) is 7.05 Å². The predicted octanol–water partition coefficient (Wildman–Crippen LogP) is 2.96. The van der Waals surface area contributed by atoms with Crippen molar-refractivity contribution in [3.63, 3.8) is 0 Å². The molecule has 18 heavy (non-hydrogen) atoms. The standard InChI is InChI=1S/C14H14FN3/c1-10-3-4-12(6-14(10)15)17-8-11-5-13(7-16)18(2)9-11/h3-6,9,17H,8H2,1-2H3. The molecular formula is C14H14FN3. The Kier molecular flexibility index (Phi) is 3.33. The van der Waals surface area contributed by atoms with Crippen LogP contribution in [0.2, 0.25) is 0 Å². The third kappa shape index (κ3) is 2.51. The van der Waals surface area contributed by atoms with Crippen molar-refractivity contribution < 1.29 is 4.39 Å². The average molecular weight is 243 g/mol. The summed E-state index contributed by atoms with van der Waals surface area (Å²) in [5.74, 6) is -0.217. The number of anilines is 1. The van der Waals surface area contributed by atoms with Gasteiger partial charge in [0.25, 0.3) is 0 Å². The summed E-state index contributed by atoms with van der Waals surface area (Å²) in [5.41, 5.74) is 2.98. The van der Waals surface area contributed by atoms with E-state index in [0.717, 1.165) is 11.3 Å². The lowest BCUT2D eigenvalue weighted by molar-refractivity contribution is 0.619. The summed E-state index contributed by atoms with van der Waals surface area (Å²) in [5, 5.41) is 12.0. The number of hydrogen-bond donors (Lipinski definition) is 1. The van der Waals surface area contributed by atoms with Crippen molar-refractivity contribution >= 4 is 5.69 Å². The van der Waals surface area contributed by atoms with Gasteiger partial charge in [0.05, 0.1) is 0 Å². The van der Waals surface area contributed by atoms with E-state index in [1.807, 2.05) is 25.4 Å². The van der Waals surface area contributed by atoms with Gasteiger partial charge in [-0.2, -0.15) is 5.26 Å². The van der Waals surface area contributed by atoms with Crippen LogP contribution in [0.3, 0.4) is 0 Å². The first-order valence-electron chi connectivity index (χ1n) is 5.65. The molecular weight excluding hydrogens is 229 g/mol. The van der Waals surface area contributed by atoms with E-state index in [2.05, 4.69) is 11.4 Å². The summed E-state index contributed by atoms with van der Waals surface area (Å²) in [4.78, 5) is 0. The van der Waals surface area contributed by atoms with Crippen molar-refractivity contribution in [1.82, 2.24) is 4.57 Å². The van der Waals surface area contributed by atoms with Crippen LogP contribution in [0.4, 0.5) is 10.1 Å². The average Bonchev–Trinajstić information content (AvgIpc) is 2.71. The number of aryl methyl sites for hydroxylation is 2. The van der Waals surface area contributed by atoms with Crippen molar-refractivity contribution in [2.45, 2.75) is 13.5 Å². The molecule has 0 bridgehead atoms. The highest BCUT2D eigenvalue weighted by Crippen LogP contribution is 2.15. The molecule has 4 heteroatoms. The first-order chi connectivity index (χ1) is 8.60. The van der Waals surface area contributed by atoms with Gasteiger partial charge in [0.15, 0.2) is 0 Å². The lowest BCUT2D eigenvalue weighted by Crippen LogP contribution is -1.99. The Bertz CT molecular complexity index is 608. The Hall–Kier alpha value is -2.28. The van der Waals surface area contributed by atoms with Crippen molar-refractivity contribution in [2.75, 3.05) is 5.32 Å². The third-order valence-corrected chi connectivity index (χ3v) is 2.84. The monoisotopic (exact) mass is 243 g/mol. The maximum Gasteiger partial charge on any atom is 0.128 e. The first-order valence-corrected chi connectivity index (χ1v) is 5.65. The summed E-state index contributed by atoms with van der Waals surface area (Å²) < 4.78 is 15.1. The Morgan fingerprint density at radius 3 is 2.78 bits per heavy atom. The van der Waals surface area contributed by atoms with Crippen LogP contribution in [0.15, 0.2) is 30.5 Å². The fourth-order valence-corrected chi connectivity index (χ4v) is 1.75. The highest BCUT2D eigenvalue weighted by molar-refractivity contribution is 5.46. The summed E-state index contributed by atoms with van der Waals surface area (Å²) in [6.07, 6.45) is 1.89. The largest absolute Gasteiger partial charge is 0.381 e. The van der Waals surface area contributed by atoms with Gasteiger partial charge in [0.2, 0.25) is 0 Å². The van der Waals surface area contributed by atoms with Crippen LogP contribution >= 0.6 is 0 Å². The molecule has 0 radical (unpaired) electrons. The smallest absolute Gasteiger partial charge is 0.128 e. The van der Waals surface area contributed by atoms with Crippen LogP contribution in [0.5, 0.6) is 0 Å². The topological polar surface area (TPSA) is 40.8 Å². The van der Waals surface area contributed by atoms with E-state index in [-0.39, 0.29) is 5.82 Å². The van der Waals surface area contributed by atoms with Gasteiger partial charge < -0.3 is 9.88 Å². The SMILES string of the molecule is Cc1ccc(NCc2cc(C#N)n(C)c2)cc1F. The molecule has 0 amide bonds. The quantitative estimate of drug-likeness (QED) is 0.900. The van der Waals surface area contributed by atoms with Gasteiger partial charge in [-0.25, -0.2) is 4.39 Å². The molecule has 1 aromatic heterocycles. The molecule has 0 aliphatic carbocycles. The molecule has 0 atom stereocenters. The number of benzene rings is 1. The number of rotatable bonds is 3. The maximum atomic E-state index is 13.3. The van der Waals surface area contributed by atoms with Gasteiger partial charge in [0.1, 0.15) is 17.6 Å². The number of nitriles is 1. The van der Waals surface area contributed by atoms with E-state index >= 15 is 0 Å². The first kappa shape index (κ1) is 12.2. The van der Waals surface area contributed by atoms with Crippen LogP contribution in [-0.4, -0.2) is 4.57 Å². The van der Waals surface area contributed by atoms with E-state index in [0.29, 0.717) is 17.8 Å². The van der Waals surface area contributed by atoms with Gasteiger partial charge in [-0.1, -0.05) is 6.07 Å². The lowest BCUT2D eigenvalue weighted by Gasteiger charge is -2.06. The van der Waals surface area contributed by atoms with Crippen molar-refractivity contribution in [1.29, 1.82) is 5.26 Å². The molecule has 3 nitrogen and oxygen atoms in total. The van der Waals surface area contributed by atoms with Crippen LogP contribution in [0.1, 0.15) is 16.8 Å². The Morgan fingerprint density at radius 1 is 1.39 bits per heavy atom. The molecule has 2 rings (SSSR count). The Balaban J connectivity index is 2.07. The second-order valence-electron chi connectivity index (χ2n) is 4.27. The van der Waals surface area contributed by atoms with E-state index in [1.165, 1.54) is 6.07 Å². The molecule has 0 aliphatic heterocycles. The van der Waals surface area contributed by atoms with Crippen LogP contribution in [-0.2, 0) is 13.6 Å². The molecule has 1 heterocycles.